The Morgan fingerprint density at radius 1 is 1.10 bits per heavy atom. The van der Waals surface area contributed by atoms with E-state index in [0.717, 1.165) is 28.3 Å². The van der Waals surface area contributed by atoms with Crippen LogP contribution < -0.4 is 10.1 Å². The Hall–Kier alpha value is -2.03. The standard InChI is InChI=1S/C17H22N2O/c1-11-6-7-12(2)15(8-11)19-10-16-14(4)17(20-5)13(3)9-18-16/h6-9,19H,10H2,1-5H3. The molecule has 3 heteroatoms. The molecule has 0 amide bonds. The molecule has 0 bridgehead atoms. The fourth-order valence-corrected chi connectivity index (χ4v) is 2.35. The Balaban J connectivity index is 2.21. The molecule has 0 fully saturated rings. The largest absolute Gasteiger partial charge is 0.496 e. The van der Waals surface area contributed by atoms with Crippen LogP contribution in [0.2, 0.25) is 0 Å². The van der Waals surface area contributed by atoms with Gasteiger partial charge in [-0.1, -0.05) is 12.1 Å². The lowest BCUT2D eigenvalue weighted by atomic mass is 10.1. The van der Waals surface area contributed by atoms with Gasteiger partial charge in [-0.15, -0.1) is 0 Å². The SMILES string of the molecule is COc1c(C)cnc(CNc2cc(C)ccc2C)c1C. The molecule has 20 heavy (non-hydrogen) atoms. The van der Waals surface area contributed by atoms with Crippen molar-refractivity contribution in [2.45, 2.75) is 34.2 Å². The van der Waals surface area contributed by atoms with E-state index in [-0.39, 0.29) is 0 Å². The summed E-state index contributed by atoms with van der Waals surface area (Å²) in [5.74, 6) is 0.928. The van der Waals surface area contributed by atoms with Crippen molar-refractivity contribution in [3.05, 3.63) is 52.3 Å². The Labute approximate surface area is 121 Å². The second kappa shape index (κ2) is 5.95. The number of ether oxygens (including phenoxy) is 1. The number of rotatable bonds is 4. The average molecular weight is 270 g/mol. The minimum atomic E-state index is 0.701. The second-order valence-corrected chi connectivity index (χ2v) is 5.22. The van der Waals surface area contributed by atoms with Gasteiger partial charge >= 0.3 is 0 Å². The number of aromatic nitrogens is 1. The van der Waals surface area contributed by atoms with Crippen LogP contribution in [0.1, 0.15) is 27.9 Å². The molecular formula is C17H22N2O. The van der Waals surface area contributed by atoms with Crippen LogP contribution in [-0.2, 0) is 6.54 Å². The molecular weight excluding hydrogens is 248 g/mol. The minimum Gasteiger partial charge on any atom is -0.496 e. The highest BCUT2D eigenvalue weighted by molar-refractivity contribution is 5.53. The molecule has 0 radical (unpaired) electrons. The lowest BCUT2D eigenvalue weighted by Crippen LogP contribution is -2.07. The normalized spacial score (nSPS) is 10.4. The third-order valence-corrected chi connectivity index (χ3v) is 3.59. The zero-order chi connectivity index (χ0) is 14.7. The third-order valence-electron chi connectivity index (χ3n) is 3.59. The van der Waals surface area contributed by atoms with Gasteiger partial charge in [-0.2, -0.15) is 0 Å². The van der Waals surface area contributed by atoms with Gasteiger partial charge in [0.1, 0.15) is 5.75 Å². The maximum atomic E-state index is 5.44. The molecule has 1 heterocycles. The third kappa shape index (κ3) is 2.93. The van der Waals surface area contributed by atoms with E-state index in [9.17, 15) is 0 Å². The summed E-state index contributed by atoms with van der Waals surface area (Å²) in [6.45, 7) is 8.98. The van der Waals surface area contributed by atoms with E-state index < -0.39 is 0 Å². The highest BCUT2D eigenvalue weighted by atomic mass is 16.5. The zero-order valence-corrected chi connectivity index (χ0v) is 12.9. The Bertz CT molecular complexity index is 621. The number of hydrogen-bond acceptors (Lipinski definition) is 3. The summed E-state index contributed by atoms with van der Waals surface area (Å²) in [6.07, 6.45) is 1.87. The molecule has 0 aliphatic carbocycles. The summed E-state index contributed by atoms with van der Waals surface area (Å²) in [6, 6.07) is 6.42. The summed E-state index contributed by atoms with van der Waals surface area (Å²) in [5.41, 5.74) is 6.85. The summed E-state index contributed by atoms with van der Waals surface area (Å²) >= 11 is 0. The summed E-state index contributed by atoms with van der Waals surface area (Å²) in [7, 11) is 1.71. The van der Waals surface area contributed by atoms with Gasteiger partial charge in [0.15, 0.2) is 0 Å². The van der Waals surface area contributed by atoms with Crippen molar-refractivity contribution < 1.29 is 4.74 Å². The van der Waals surface area contributed by atoms with Crippen molar-refractivity contribution in [3.8, 4) is 5.75 Å². The Kier molecular flexibility index (Phi) is 4.28. The highest BCUT2D eigenvalue weighted by Crippen LogP contribution is 2.25. The first-order valence-electron chi connectivity index (χ1n) is 6.83. The van der Waals surface area contributed by atoms with E-state index in [0.29, 0.717) is 6.54 Å². The van der Waals surface area contributed by atoms with Gasteiger partial charge in [0, 0.05) is 23.0 Å². The zero-order valence-electron chi connectivity index (χ0n) is 12.9. The molecule has 0 saturated carbocycles. The maximum absolute atomic E-state index is 5.44. The maximum Gasteiger partial charge on any atom is 0.128 e. The monoisotopic (exact) mass is 270 g/mol. The molecule has 1 aromatic carbocycles. The van der Waals surface area contributed by atoms with Crippen LogP contribution in [0.3, 0.4) is 0 Å². The van der Waals surface area contributed by atoms with Crippen molar-refractivity contribution >= 4 is 5.69 Å². The second-order valence-electron chi connectivity index (χ2n) is 5.22. The topological polar surface area (TPSA) is 34.1 Å². The molecule has 2 rings (SSSR count). The first kappa shape index (κ1) is 14.4. The van der Waals surface area contributed by atoms with Crippen LogP contribution in [-0.4, -0.2) is 12.1 Å². The molecule has 3 nitrogen and oxygen atoms in total. The van der Waals surface area contributed by atoms with E-state index >= 15 is 0 Å². The summed E-state index contributed by atoms with van der Waals surface area (Å²) in [5, 5.41) is 3.46. The number of nitrogens with zero attached hydrogens (tertiary/aromatic N) is 1. The molecule has 0 spiro atoms. The number of anilines is 1. The molecule has 0 saturated heterocycles. The van der Waals surface area contributed by atoms with E-state index in [4.69, 9.17) is 4.74 Å². The van der Waals surface area contributed by atoms with E-state index in [2.05, 4.69) is 49.3 Å². The van der Waals surface area contributed by atoms with Crippen molar-refractivity contribution in [1.29, 1.82) is 0 Å². The van der Waals surface area contributed by atoms with Crippen LogP contribution in [0, 0.1) is 27.7 Å². The van der Waals surface area contributed by atoms with Gasteiger partial charge in [-0.25, -0.2) is 0 Å². The fourth-order valence-electron chi connectivity index (χ4n) is 2.35. The van der Waals surface area contributed by atoms with Crippen LogP contribution in [0.15, 0.2) is 24.4 Å². The predicted molar refractivity (Wildman–Crippen MR) is 83.5 cm³/mol. The van der Waals surface area contributed by atoms with Gasteiger partial charge < -0.3 is 10.1 Å². The van der Waals surface area contributed by atoms with Crippen LogP contribution >= 0.6 is 0 Å². The molecule has 106 valence electrons. The average Bonchev–Trinajstić information content (AvgIpc) is 2.42. The van der Waals surface area contributed by atoms with Gasteiger partial charge in [0.2, 0.25) is 0 Å². The van der Waals surface area contributed by atoms with Crippen LogP contribution in [0.25, 0.3) is 0 Å². The number of methoxy groups -OCH3 is 1. The first-order valence-corrected chi connectivity index (χ1v) is 6.83. The van der Waals surface area contributed by atoms with E-state index in [1.54, 1.807) is 7.11 Å². The molecule has 0 atom stereocenters. The van der Waals surface area contributed by atoms with E-state index in [1.807, 2.05) is 13.1 Å². The Morgan fingerprint density at radius 2 is 1.85 bits per heavy atom. The number of pyridine rings is 1. The molecule has 1 aromatic heterocycles. The number of hydrogen-bond donors (Lipinski definition) is 1. The minimum absolute atomic E-state index is 0.701. The smallest absolute Gasteiger partial charge is 0.128 e. The molecule has 0 aliphatic rings. The fraction of sp³-hybridized carbons (Fsp3) is 0.353. The number of aryl methyl sites for hydroxylation is 3. The van der Waals surface area contributed by atoms with Crippen molar-refractivity contribution in [2.24, 2.45) is 0 Å². The quantitative estimate of drug-likeness (QED) is 0.914. The van der Waals surface area contributed by atoms with Crippen LogP contribution in [0.5, 0.6) is 5.75 Å². The highest BCUT2D eigenvalue weighted by Gasteiger charge is 2.09. The van der Waals surface area contributed by atoms with Gasteiger partial charge in [-0.3, -0.25) is 4.98 Å². The summed E-state index contributed by atoms with van der Waals surface area (Å²) in [4.78, 5) is 4.51. The first-order chi connectivity index (χ1) is 9.52. The van der Waals surface area contributed by atoms with Crippen molar-refractivity contribution in [3.63, 3.8) is 0 Å². The Morgan fingerprint density at radius 3 is 2.55 bits per heavy atom. The van der Waals surface area contributed by atoms with Gasteiger partial charge in [0.25, 0.3) is 0 Å². The lowest BCUT2D eigenvalue weighted by Gasteiger charge is -2.14. The van der Waals surface area contributed by atoms with Crippen LogP contribution in [0.4, 0.5) is 5.69 Å². The molecule has 0 aliphatic heterocycles. The molecule has 0 unspecified atom stereocenters. The van der Waals surface area contributed by atoms with Crippen molar-refractivity contribution in [2.75, 3.05) is 12.4 Å². The number of nitrogens with one attached hydrogen (secondary N) is 1. The van der Waals surface area contributed by atoms with Crippen molar-refractivity contribution in [1.82, 2.24) is 4.98 Å². The predicted octanol–water partition coefficient (Wildman–Crippen LogP) is 3.94. The summed E-state index contributed by atoms with van der Waals surface area (Å²) < 4.78 is 5.44. The number of benzene rings is 1. The van der Waals surface area contributed by atoms with Gasteiger partial charge in [0.05, 0.1) is 19.3 Å². The lowest BCUT2D eigenvalue weighted by molar-refractivity contribution is 0.407. The van der Waals surface area contributed by atoms with Gasteiger partial charge in [-0.05, 0) is 44.9 Å². The molecule has 1 N–H and O–H groups in total. The molecule has 2 aromatic rings. The van der Waals surface area contributed by atoms with E-state index in [1.165, 1.54) is 11.1 Å².